The van der Waals surface area contributed by atoms with Crippen LogP contribution in [0.3, 0.4) is 0 Å². The van der Waals surface area contributed by atoms with E-state index < -0.39 is 11.9 Å². The molecule has 0 aromatic rings. The minimum absolute atomic E-state index is 0.243. The van der Waals surface area contributed by atoms with Gasteiger partial charge in [-0.15, -0.1) is 0 Å². The predicted molar refractivity (Wildman–Crippen MR) is 47.3 cm³/mol. The molecule has 2 N–H and O–H groups in total. The number of aliphatic carboxylic acids is 2. The second kappa shape index (κ2) is 4.92. The van der Waals surface area contributed by atoms with Gasteiger partial charge in [0.05, 0.1) is 11.1 Å². The fourth-order valence-corrected chi connectivity index (χ4v) is 0.788. The summed E-state index contributed by atoms with van der Waals surface area (Å²) in [5.74, 6) is -2.55. The Bertz CT molecular complexity index is 297. The number of carboxylic acids is 2. The van der Waals surface area contributed by atoms with Crippen molar-refractivity contribution in [2.45, 2.75) is 6.92 Å². The van der Waals surface area contributed by atoms with Gasteiger partial charge in [0.15, 0.2) is 0 Å². The van der Waals surface area contributed by atoms with Crippen LogP contribution in [0.5, 0.6) is 0 Å². The van der Waals surface area contributed by atoms with Gasteiger partial charge in [-0.1, -0.05) is 18.7 Å². The standard InChI is InChI=1S/C9H10O4/c1-3-5-7(9(12)13)6(4-2)8(10)11/h3-5H,1H2,2H3,(H,10,11)(H,12,13)/b6-4+,7-5+. The molecular weight excluding hydrogens is 172 g/mol. The Hall–Kier alpha value is -1.84. The summed E-state index contributed by atoms with van der Waals surface area (Å²) in [6.07, 6.45) is 3.60. The summed E-state index contributed by atoms with van der Waals surface area (Å²) in [6.45, 7) is 4.76. The lowest BCUT2D eigenvalue weighted by Crippen LogP contribution is -2.10. The van der Waals surface area contributed by atoms with Crippen LogP contribution >= 0.6 is 0 Å². The first-order valence-electron chi connectivity index (χ1n) is 3.50. The van der Waals surface area contributed by atoms with Gasteiger partial charge in [0.2, 0.25) is 0 Å². The normalized spacial score (nSPS) is 12.4. The Morgan fingerprint density at radius 3 is 1.85 bits per heavy atom. The minimum Gasteiger partial charge on any atom is -0.478 e. The molecule has 0 radical (unpaired) electrons. The van der Waals surface area contributed by atoms with Gasteiger partial charge in [-0.2, -0.15) is 0 Å². The van der Waals surface area contributed by atoms with Crippen molar-refractivity contribution in [2.75, 3.05) is 0 Å². The zero-order valence-electron chi connectivity index (χ0n) is 7.15. The van der Waals surface area contributed by atoms with Crippen molar-refractivity contribution < 1.29 is 19.8 Å². The second-order valence-corrected chi connectivity index (χ2v) is 2.13. The van der Waals surface area contributed by atoms with E-state index in [2.05, 4.69) is 6.58 Å². The molecule has 0 fully saturated rings. The molecule has 70 valence electrons. The maximum Gasteiger partial charge on any atom is 0.336 e. The van der Waals surface area contributed by atoms with Gasteiger partial charge in [-0.05, 0) is 13.0 Å². The smallest absolute Gasteiger partial charge is 0.336 e. The molecule has 0 amide bonds. The molecular formula is C9H10O4. The average Bonchev–Trinajstić information content (AvgIpc) is 2.03. The van der Waals surface area contributed by atoms with Crippen molar-refractivity contribution in [1.82, 2.24) is 0 Å². The molecule has 0 atom stereocenters. The third-order valence-corrected chi connectivity index (χ3v) is 1.32. The van der Waals surface area contributed by atoms with Crippen molar-refractivity contribution in [1.29, 1.82) is 0 Å². The summed E-state index contributed by atoms with van der Waals surface area (Å²) in [5.41, 5.74) is -0.516. The third kappa shape index (κ3) is 2.94. The number of hydrogen-bond donors (Lipinski definition) is 2. The van der Waals surface area contributed by atoms with E-state index in [-0.39, 0.29) is 11.1 Å². The maximum atomic E-state index is 10.6. The maximum absolute atomic E-state index is 10.6. The zero-order chi connectivity index (χ0) is 10.4. The molecule has 0 spiro atoms. The van der Waals surface area contributed by atoms with Gasteiger partial charge >= 0.3 is 11.9 Å². The molecule has 0 heterocycles. The molecule has 4 heteroatoms. The number of rotatable bonds is 4. The molecule has 0 saturated carbocycles. The van der Waals surface area contributed by atoms with E-state index >= 15 is 0 Å². The van der Waals surface area contributed by atoms with Crippen LogP contribution in [-0.4, -0.2) is 22.2 Å². The summed E-state index contributed by atoms with van der Waals surface area (Å²) in [5, 5.41) is 17.2. The van der Waals surface area contributed by atoms with Crippen LogP contribution in [-0.2, 0) is 9.59 Å². The Labute approximate surface area is 75.5 Å². The van der Waals surface area contributed by atoms with E-state index in [0.717, 1.165) is 6.08 Å². The van der Waals surface area contributed by atoms with Crippen molar-refractivity contribution in [3.8, 4) is 0 Å². The Kier molecular flexibility index (Phi) is 4.23. The van der Waals surface area contributed by atoms with Crippen LogP contribution in [0.25, 0.3) is 0 Å². The lowest BCUT2D eigenvalue weighted by molar-refractivity contribution is -0.136. The summed E-state index contributed by atoms with van der Waals surface area (Å²) >= 11 is 0. The zero-order valence-corrected chi connectivity index (χ0v) is 7.15. The Morgan fingerprint density at radius 2 is 1.62 bits per heavy atom. The first-order chi connectivity index (χ1) is 6.04. The monoisotopic (exact) mass is 182 g/mol. The van der Waals surface area contributed by atoms with Gasteiger partial charge in [0.1, 0.15) is 0 Å². The van der Waals surface area contributed by atoms with Crippen LogP contribution in [0.2, 0.25) is 0 Å². The topological polar surface area (TPSA) is 74.6 Å². The van der Waals surface area contributed by atoms with Crippen molar-refractivity contribution in [2.24, 2.45) is 0 Å². The van der Waals surface area contributed by atoms with E-state index in [9.17, 15) is 9.59 Å². The molecule has 0 bridgehead atoms. The molecule has 0 aromatic carbocycles. The van der Waals surface area contributed by atoms with Crippen LogP contribution in [0, 0.1) is 0 Å². The first kappa shape index (κ1) is 11.2. The van der Waals surface area contributed by atoms with Gasteiger partial charge in [-0.3, -0.25) is 0 Å². The van der Waals surface area contributed by atoms with Crippen molar-refractivity contribution in [3.63, 3.8) is 0 Å². The highest BCUT2D eigenvalue weighted by Crippen LogP contribution is 2.10. The van der Waals surface area contributed by atoms with Crippen LogP contribution in [0.1, 0.15) is 6.92 Å². The van der Waals surface area contributed by atoms with Gasteiger partial charge in [0.25, 0.3) is 0 Å². The molecule has 0 aliphatic carbocycles. The molecule has 0 saturated heterocycles. The van der Waals surface area contributed by atoms with E-state index in [4.69, 9.17) is 10.2 Å². The average molecular weight is 182 g/mol. The summed E-state index contributed by atoms with van der Waals surface area (Å²) < 4.78 is 0. The van der Waals surface area contributed by atoms with Gasteiger partial charge < -0.3 is 10.2 Å². The predicted octanol–water partition coefficient (Wildman–Crippen LogP) is 1.21. The van der Waals surface area contributed by atoms with E-state index in [0.29, 0.717) is 0 Å². The minimum atomic E-state index is -1.28. The SMILES string of the molecule is C=C/C=C(C(=O)O)\C(=C/C)C(=O)O. The Balaban J connectivity index is 5.17. The number of carbonyl (C=O) groups is 2. The lowest BCUT2D eigenvalue weighted by Gasteiger charge is -2.00. The highest BCUT2D eigenvalue weighted by Gasteiger charge is 2.17. The second-order valence-electron chi connectivity index (χ2n) is 2.13. The summed E-state index contributed by atoms with van der Waals surface area (Å²) in [6, 6.07) is 0. The highest BCUT2D eigenvalue weighted by molar-refractivity contribution is 6.05. The molecule has 0 rings (SSSR count). The fraction of sp³-hybridized carbons (Fsp3) is 0.111. The highest BCUT2D eigenvalue weighted by atomic mass is 16.4. The lowest BCUT2D eigenvalue weighted by atomic mass is 10.1. The number of carboxylic acid groups (broad SMARTS) is 2. The summed E-state index contributed by atoms with van der Waals surface area (Å²) in [7, 11) is 0. The quantitative estimate of drug-likeness (QED) is 0.506. The molecule has 0 unspecified atom stereocenters. The van der Waals surface area contributed by atoms with Crippen molar-refractivity contribution >= 4 is 11.9 Å². The molecule has 13 heavy (non-hydrogen) atoms. The molecule has 4 nitrogen and oxygen atoms in total. The van der Waals surface area contributed by atoms with Crippen LogP contribution < -0.4 is 0 Å². The van der Waals surface area contributed by atoms with E-state index in [1.165, 1.54) is 19.1 Å². The third-order valence-electron chi connectivity index (χ3n) is 1.32. The summed E-state index contributed by atoms with van der Waals surface area (Å²) in [4.78, 5) is 21.1. The Morgan fingerprint density at radius 1 is 1.15 bits per heavy atom. The van der Waals surface area contributed by atoms with Gasteiger partial charge in [0, 0.05) is 0 Å². The molecule has 0 aromatic heterocycles. The first-order valence-corrected chi connectivity index (χ1v) is 3.50. The van der Waals surface area contributed by atoms with Crippen LogP contribution in [0.4, 0.5) is 0 Å². The number of allylic oxidation sites excluding steroid dienone is 3. The number of hydrogen-bond acceptors (Lipinski definition) is 2. The van der Waals surface area contributed by atoms with Crippen molar-refractivity contribution in [3.05, 3.63) is 36.0 Å². The van der Waals surface area contributed by atoms with E-state index in [1.54, 1.807) is 0 Å². The molecule has 0 aliphatic rings. The van der Waals surface area contributed by atoms with Crippen LogP contribution in [0.15, 0.2) is 36.0 Å². The van der Waals surface area contributed by atoms with E-state index in [1.807, 2.05) is 0 Å². The molecule has 0 aliphatic heterocycles. The fourth-order valence-electron chi connectivity index (χ4n) is 0.788. The van der Waals surface area contributed by atoms with Gasteiger partial charge in [-0.25, -0.2) is 9.59 Å². The largest absolute Gasteiger partial charge is 0.478 e.